The molecule has 0 aromatic heterocycles. The molecular weight excluding hydrogens is 337 g/mol. The number of halogens is 1. The number of aryl methyl sites for hydroxylation is 2. The van der Waals surface area contributed by atoms with Crippen molar-refractivity contribution in [1.29, 1.82) is 0 Å². The quantitative estimate of drug-likeness (QED) is 0.791. The van der Waals surface area contributed by atoms with Gasteiger partial charge >= 0.3 is 0 Å². The van der Waals surface area contributed by atoms with E-state index in [9.17, 15) is 12.8 Å². The van der Waals surface area contributed by atoms with E-state index < -0.39 is 10.0 Å². The van der Waals surface area contributed by atoms with Crippen LogP contribution >= 0.6 is 0 Å². The molecule has 1 heterocycles. The Hall–Kier alpha value is -1.72. The maximum Gasteiger partial charge on any atom is 0.243 e. The number of benzene rings is 2. The van der Waals surface area contributed by atoms with Gasteiger partial charge in [-0.1, -0.05) is 31.0 Å². The monoisotopic (exact) mass is 361 g/mol. The lowest BCUT2D eigenvalue weighted by molar-refractivity contribution is 0.328. The molecule has 2 aromatic carbocycles. The molecule has 1 atom stereocenters. The van der Waals surface area contributed by atoms with Gasteiger partial charge in [0, 0.05) is 6.54 Å². The van der Waals surface area contributed by atoms with E-state index in [0.717, 1.165) is 36.0 Å². The summed E-state index contributed by atoms with van der Waals surface area (Å²) in [5.41, 5.74) is 2.75. The highest BCUT2D eigenvalue weighted by molar-refractivity contribution is 7.89. The van der Waals surface area contributed by atoms with Crippen LogP contribution in [0.5, 0.6) is 0 Å². The maximum atomic E-state index is 13.7. The molecule has 0 radical (unpaired) electrons. The Labute approximate surface area is 149 Å². The third-order valence-electron chi connectivity index (χ3n) is 5.02. The Morgan fingerprint density at radius 3 is 2.52 bits per heavy atom. The molecule has 1 aliphatic rings. The molecule has 3 nitrogen and oxygen atoms in total. The summed E-state index contributed by atoms with van der Waals surface area (Å²) in [5.74, 6) is -0.328. The Morgan fingerprint density at radius 1 is 1.00 bits per heavy atom. The van der Waals surface area contributed by atoms with Crippen molar-refractivity contribution < 1.29 is 12.8 Å². The minimum Gasteiger partial charge on any atom is -0.207 e. The fourth-order valence-corrected chi connectivity index (χ4v) is 5.19. The van der Waals surface area contributed by atoms with E-state index in [4.69, 9.17) is 0 Å². The first-order valence-corrected chi connectivity index (χ1v) is 10.2. The predicted molar refractivity (Wildman–Crippen MR) is 97.4 cm³/mol. The minimum atomic E-state index is -3.62. The van der Waals surface area contributed by atoms with Gasteiger partial charge < -0.3 is 0 Å². The van der Waals surface area contributed by atoms with Crippen molar-refractivity contribution in [2.24, 2.45) is 0 Å². The minimum absolute atomic E-state index is 0.315. The van der Waals surface area contributed by atoms with E-state index in [-0.39, 0.29) is 11.9 Å². The lowest BCUT2D eigenvalue weighted by Gasteiger charge is -2.29. The Kier molecular flexibility index (Phi) is 5.25. The van der Waals surface area contributed by atoms with Crippen molar-refractivity contribution in [3.05, 3.63) is 65.0 Å². The molecule has 1 fully saturated rings. The molecule has 0 saturated carbocycles. The predicted octanol–water partition coefficient (Wildman–Crippen LogP) is 4.75. The van der Waals surface area contributed by atoms with Crippen LogP contribution in [0.15, 0.2) is 47.4 Å². The second-order valence-corrected chi connectivity index (χ2v) is 8.67. The molecule has 0 spiro atoms. The molecule has 0 N–H and O–H groups in total. The number of hydrogen-bond donors (Lipinski definition) is 0. The van der Waals surface area contributed by atoms with Gasteiger partial charge in [-0.15, -0.1) is 0 Å². The van der Waals surface area contributed by atoms with Gasteiger partial charge in [0.05, 0.1) is 10.9 Å². The van der Waals surface area contributed by atoms with Crippen LogP contribution in [0.4, 0.5) is 4.39 Å². The van der Waals surface area contributed by atoms with Crippen LogP contribution in [0.2, 0.25) is 0 Å². The first-order chi connectivity index (χ1) is 11.9. The second kappa shape index (κ2) is 7.26. The van der Waals surface area contributed by atoms with Crippen LogP contribution in [0.3, 0.4) is 0 Å². The first kappa shape index (κ1) is 18.1. The molecule has 25 heavy (non-hydrogen) atoms. The van der Waals surface area contributed by atoms with Gasteiger partial charge in [0.15, 0.2) is 0 Å². The van der Waals surface area contributed by atoms with Crippen LogP contribution in [-0.4, -0.2) is 19.3 Å². The zero-order valence-electron chi connectivity index (χ0n) is 14.7. The molecule has 1 saturated heterocycles. The first-order valence-electron chi connectivity index (χ1n) is 8.74. The summed E-state index contributed by atoms with van der Waals surface area (Å²) in [6.45, 7) is 4.35. The number of nitrogens with zero attached hydrogens (tertiary/aromatic N) is 1. The van der Waals surface area contributed by atoms with Gasteiger partial charge in [-0.3, -0.25) is 0 Å². The zero-order chi connectivity index (χ0) is 18.0. The average Bonchev–Trinajstić information content (AvgIpc) is 2.83. The summed E-state index contributed by atoms with van der Waals surface area (Å²) in [6, 6.07) is 11.3. The molecule has 2 aromatic rings. The SMILES string of the molecule is Cc1ccc(S(=O)(=O)N2CCCCC[C@@H]2c2cccc(F)c2)cc1C. The van der Waals surface area contributed by atoms with Gasteiger partial charge in [-0.2, -0.15) is 4.31 Å². The van der Waals surface area contributed by atoms with Gasteiger partial charge in [0.2, 0.25) is 10.0 Å². The number of sulfonamides is 1. The van der Waals surface area contributed by atoms with Crippen molar-refractivity contribution in [2.45, 2.75) is 50.5 Å². The van der Waals surface area contributed by atoms with Crippen LogP contribution < -0.4 is 0 Å². The van der Waals surface area contributed by atoms with Crippen molar-refractivity contribution in [2.75, 3.05) is 6.54 Å². The molecule has 134 valence electrons. The molecule has 0 bridgehead atoms. The average molecular weight is 361 g/mol. The normalized spacial score (nSPS) is 19.6. The van der Waals surface area contributed by atoms with Crippen LogP contribution in [0, 0.1) is 19.7 Å². The van der Waals surface area contributed by atoms with Gasteiger partial charge in [-0.25, -0.2) is 12.8 Å². The van der Waals surface area contributed by atoms with Crippen molar-refractivity contribution in [3.8, 4) is 0 Å². The third kappa shape index (κ3) is 3.77. The smallest absolute Gasteiger partial charge is 0.207 e. The van der Waals surface area contributed by atoms with E-state index in [1.54, 1.807) is 22.5 Å². The zero-order valence-corrected chi connectivity index (χ0v) is 15.5. The Morgan fingerprint density at radius 2 is 1.80 bits per heavy atom. The summed E-state index contributed by atoms with van der Waals surface area (Å²) in [4.78, 5) is 0.318. The number of hydrogen-bond acceptors (Lipinski definition) is 2. The van der Waals surface area contributed by atoms with Gasteiger partial charge in [0.1, 0.15) is 5.82 Å². The summed E-state index contributed by atoms with van der Waals surface area (Å²) in [7, 11) is -3.62. The maximum absolute atomic E-state index is 13.7. The Balaban J connectivity index is 2.04. The molecule has 0 aliphatic carbocycles. The van der Waals surface area contributed by atoms with Crippen molar-refractivity contribution >= 4 is 10.0 Å². The van der Waals surface area contributed by atoms with Crippen molar-refractivity contribution in [3.63, 3.8) is 0 Å². The standard InChI is InChI=1S/C20H24FNO2S/c1-15-10-11-19(13-16(15)2)25(23,24)22-12-5-3-4-9-20(22)17-7-6-8-18(21)14-17/h6-8,10-11,13-14,20H,3-5,9,12H2,1-2H3/t20-/m1/s1. The highest BCUT2D eigenvalue weighted by Gasteiger charge is 2.33. The molecular formula is C20H24FNO2S. The third-order valence-corrected chi connectivity index (χ3v) is 6.93. The second-order valence-electron chi connectivity index (χ2n) is 6.78. The topological polar surface area (TPSA) is 37.4 Å². The molecule has 5 heteroatoms. The lowest BCUT2D eigenvalue weighted by atomic mass is 10.0. The van der Waals surface area contributed by atoms with E-state index >= 15 is 0 Å². The Bertz CT molecular complexity index is 864. The largest absolute Gasteiger partial charge is 0.243 e. The van der Waals surface area contributed by atoms with Crippen LogP contribution in [-0.2, 0) is 10.0 Å². The van der Waals surface area contributed by atoms with E-state index in [0.29, 0.717) is 17.9 Å². The highest BCUT2D eigenvalue weighted by Crippen LogP contribution is 2.35. The van der Waals surface area contributed by atoms with E-state index in [1.807, 2.05) is 26.0 Å². The van der Waals surface area contributed by atoms with E-state index in [2.05, 4.69) is 0 Å². The lowest BCUT2D eigenvalue weighted by Crippen LogP contribution is -2.35. The fraction of sp³-hybridized carbons (Fsp3) is 0.400. The molecule has 0 amide bonds. The van der Waals surface area contributed by atoms with Crippen molar-refractivity contribution in [1.82, 2.24) is 4.31 Å². The van der Waals surface area contributed by atoms with Gasteiger partial charge in [-0.05, 0) is 67.6 Å². The fourth-order valence-electron chi connectivity index (χ4n) is 3.43. The highest BCUT2D eigenvalue weighted by atomic mass is 32.2. The van der Waals surface area contributed by atoms with E-state index in [1.165, 1.54) is 12.1 Å². The molecule has 3 rings (SSSR count). The summed E-state index contributed by atoms with van der Waals surface area (Å²) in [5, 5.41) is 0. The van der Waals surface area contributed by atoms with Crippen LogP contribution in [0.25, 0.3) is 0 Å². The number of rotatable bonds is 3. The molecule has 0 unspecified atom stereocenters. The summed E-state index contributed by atoms with van der Waals surface area (Å²) in [6.07, 6.45) is 3.48. The van der Waals surface area contributed by atoms with Gasteiger partial charge in [0.25, 0.3) is 0 Å². The summed E-state index contributed by atoms with van der Waals surface area (Å²) < 4.78 is 41.9. The van der Waals surface area contributed by atoms with Crippen LogP contribution in [0.1, 0.15) is 48.4 Å². The molecule has 1 aliphatic heterocycles. The summed E-state index contributed by atoms with van der Waals surface area (Å²) >= 11 is 0.